The van der Waals surface area contributed by atoms with Crippen LogP contribution < -0.4 is 4.74 Å². The topological polar surface area (TPSA) is 72.9 Å². The maximum atomic E-state index is 12.9. The van der Waals surface area contributed by atoms with Crippen LogP contribution in [0.1, 0.15) is 19.3 Å². The molecule has 1 aliphatic rings. The lowest BCUT2D eigenvalue weighted by Gasteiger charge is -2.33. The van der Waals surface area contributed by atoms with E-state index in [0.29, 0.717) is 12.8 Å². The van der Waals surface area contributed by atoms with Gasteiger partial charge in [-0.05, 0) is 37.5 Å². The van der Waals surface area contributed by atoms with Crippen molar-refractivity contribution in [2.24, 2.45) is 0 Å². The number of carbonyl (C=O) groups is 1. The molecule has 0 amide bonds. The molecule has 0 saturated carbocycles. The summed E-state index contributed by atoms with van der Waals surface area (Å²) >= 11 is 5.91. The largest absolute Gasteiger partial charge is 0.495 e. The highest BCUT2D eigenvalue weighted by atomic mass is 35.5. The summed E-state index contributed by atoms with van der Waals surface area (Å²) in [5.74, 6) is -0.358. The number of rotatable bonds is 4. The number of benzene rings is 1. The molecule has 122 valence electrons. The van der Waals surface area contributed by atoms with E-state index in [-0.39, 0.29) is 22.2 Å². The molecule has 0 spiro atoms. The number of piperidine rings is 1. The molecule has 1 aliphatic heterocycles. The summed E-state index contributed by atoms with van der Waals surface area (Å²) < 4.78 is 36.9. The minimum absolute atomic E-state index is 0.0432. The van der Waals surface area contributed by atoms with Crippen LogP contribution in [0.4, 0.5) is 0 Å². The lowest BCUT2D eigenvalue weighted by molar-refractivity contribution is -0.146. The van der Waals surface area contributed by atoms with Gasteiger partial charge in [-0.25, -0.2) is 8.42 Å². The molecule has 0 bridgehead atoms. The van der Waals surface area contributed by atoms with Crippen LogP contribution in [-0.4, -0.2) is 45.5 Å². The van der Waals surface area contributed by atoms with Crippen molar-refractivity contribution in [3.63, 3.8) is 0 Å². The molecule has 1 aromatic carbocycles. The van der Waals surface area contributed by atoms with Gasteiger partial charge in [-0.2, -0.15) is 4.31 Å². The molecule has 22 heavy (non-hydrogen) atoms. The summed E-state index contributed by atoms with van der Waals surface area (Å²) in [4.78, 5) is 11.8. The van der Waals surface area contributed by atoms with E-state index in [1.807, 2.05) is 0 Å². The first-order valence-electron chi connectivity index (χ1n) is 6.85. The van der Waals surface area contributed by atoms with E-state index in [9.17, 15) is 13.2 Å². The molecule has 0 radical (unpaired) electrons. The van der Waals surface area contributed by atoms with Crippen LogP contribution in [0.25, 0.3) is 0 Å². The number of nitrogens with zero attached hydrogens (tertiary/aromatic N) is 1. The molecule has 1 fully saturated rings. The van der Waals surface area contributed by atoms with Crippen molar-refractivity contribution in [2.45, 2.75) is 30.2 Å². The van der Waals surface area contributed by atoms with Gasteiger partial charge in [0.1, 0.15) is 16.7 Å². The van der Waals surface area contributed by atoms with E-state index in [2.05, 4.69) is 0 Å². The average Bonchev–Trinajstić information content (AvgIpc) is 2.54. The van der Waals surface area contributed by atoms with Crippen molar-refractivity contribution in [3.05, 3.63) is 23.2 Å². The van der Waals surface area contributed by atoms with E-state index in [0.717, 1.165) is 6.42 Å². The minimum Gasteiger partial charge on any atom is -0.495 e. The maximum Gasteiger partial charge on any atom is 0.324 e. The lowest BCUT2D eigenvalue weighted by atomic mass is 10.1. The Bertz CT molecular complexity index is 661. The Labute approximate surface area is 135 Å². The molecule has 1 saturated heterocycles. The molecule has 1 atom stereocenters. The maximum absolute atomic E-state index is 12.9. The Kier molecular flexibility index (Phi) is 5.31. The Morgan fingerprint density at radius 3 is 2.68 bits per heavy atom. The van der Waals surface area contributed by atoms with Crippen molar-refractivity contribution >= 4 is 27.6 Å². The van der Waals surface area contributed by atoms with E-state index in [4.69, 9.17) is 21.1 Å². The second kappa shape index (κ2) is 6.85. The van der Waals surface area contributed by atoms with Crippen molar-refractivity contribution in [3.8, 4) is 5.75 Å². The fourth-order valence-electron chi connectivity index (χ4n) is 2.54. The van der Waals surface area contributed by atoms with Crippen LogP contribution in [0.2, 0.25) is 5.02 Å². The molecule has 0 N–H and O–H groups in total. The number of methoxy groups -OCH3 is 2. The van der Waals surface area contributed by atoms with Gasteiger partial charge in [-0.3, -0.25) is 4.79 Å². The van der Waals surface area contributed by atoms with Crippen LogP contribution in [0.15, 0.2) is 23.1 Å². The number of carbonyl (C=O) groups excluding carboxylic acids is 1. The molecule has 2 rings (SSSR count). The first-order chi connectivity index (χ1) is 10.4. The summed E-state index contributed by atoms with van der Waals surface area (Å²) in [5, 5.41) is 0.283. The van der Waals surface area contributed by atoms with Crippen LogP contribution in [-0.2, 0) is 19.6 Å². The summed E-state index contributed by atoms with van der Waals surface area (Å²) in [6.07, 6.45) is 1.91. The average molecular weight is 348 g/mol. The summed E-state index contributed by atoms with van der Waals surface area (Å²) in [7, 11) is -1.27. The highest BCUT2D eigenvalue weighted by molar-refractivity contribution is 7.89. The third-order valence-corrected chi connectivity index (χ3v) is 5.80. The molecule has 6 nitrogen and oxygen atoms in total. The van der Waals surface area contributed by atoms with E-state index < -0.39 is 22.0 Å². The number of halogens is 1. The second-order valence-electron chi connectivity index (χ2n) is 4.95. The zero-order chi connectivity index (χ0) is 16.3. The Balaban J connectivity index is 2.48. The van der Waals surface area contributed by atoms with Gasteiger partial charge >= 0.3 is 5.97 Å². The number of esters is 1. The third kappa shape index (κ3) is 3.21. The van der Waals surface area contributed by atoms with Crippen LogP contribution in [0.3, 0.4) is 0 Å². The number of ether oxygens (including phenoxy) is 2. The highest BCUT2D eigenvalue weighted by Crippen LogP contribution is 2.33. The third-order valence-electron chi connectivity index (χ3n) is 3.64. The van der Waals surface area contributed by atoms with Gasteiger partial charge in [0.25, 0.3) is 0 Å². The van der Waals surface area contributed by atoms with Crippen molar-refractivity contribution in [2.75, 3.05) is 20.8 Å². The van der Waals surface area contributed by atoms with Crippen LogP contribution in [0, 0.1) is 0 Å². The number of hydrogen-bond acceptors (Lipinski definition) is 5. The quantitative estimate of drug-likeness (QED) is 0.779. The predicted octanol–water partition coefficient (Wildman–Crippen LogP) is 2.06. The summed E-state index contributed by atoms with van der Waals surface area (Å²) in [5.41, 5.74) is 0. The van der Waals surface area contributed by atoms with E-state index in [1.165, 1.54) is 30.7 Å². The zero-order valence-electron chi connectivity index (χ0n) is 12.4. The Morgan fingerprint density at radius 1 is 1.32 bits per heavy atom. The predicted molar refractivity (Wildman–Crippen MR) is 81.6 cm³/mol. The molecular weight excluding hydrogens is 330 g/mol. The molecule has 0 aromatic heterocycles. The minimum atomic E-state index is -3.91. The SMILES string of the molecule is COC(=O)C1CCCCN1S(=O)(=O)c1cc(Cl)ccc1OC. The standard InChI is InChI=1S/C14H18ClNO5S/c1-20-12-7-6-10(15)9-13(12)22(18,19)16-8-4-3-5-11(16)14(17)21-2/h6-7,9,11H,3-5,8H2,1-2H3. The van der Waals surface area contributed by atoms with Gasteiger partial charge in [0, 0.05) is 11.6 Å². The first-order valence-corrected chi connectivity index (χ1v) is 8.67. The molecule has 0 aliphatic carbocycles. The molecule has 1 heterocycles. The van der Waals surface area contributed by atoms with Gasteiger partial charge in [0.15, 0.2) is 0 Å². The van der Waals surface area contributed by atoms with Crippen LogP contribution >= 0.6 is 11.6 Å². The van der Waals surface area contributed by atoms with Gasteiger partial charge < -0.3 is 9.47 Å². The molecule has 1 unspecified atom stereocenters. The summed E-state index contributed by atoms with van der Waals surface area (Å²) in [6.45, 7) is 0.262. The fraction of sp³-hybridized carbons (Fsp3) is 0.500. The van der Waals surface area contributed by atoms with E-state index in [1.54, 1.807) is 6.07 Å². The van der Waals surface area contributed by atoms with Crippen molar-refractivity contribution in [1.82, 2.24) is 4.31 Å². The van der Waals surface area contributed by atoms with Gasteiger partial charge in [0.2, 0.25) is 10.0 Å². The number of hydrogen-bond donors (Lipinski definition) is 0. The Morgan fingerprint density at radius 2 is 2.05 bits per heavy atom. The first kappa shape index (κ1) is 17.1. The zero-order valence-corrected chi connectivity index (χ0v) is 14.0. The lowest BCUT2D eigenvalue weighted by Crippen LogP contribution is -2.48. The highest BCUT2D eigenvalue weighted by Gasteiger charge is 2.39. The van der Waals surface area contributed by atoms with Crippen molar-refractivity contribution in [1.29, 1.82) is 0 Å². The van der Waals surface area contributed by atoms with Gasteiger partial charge in [0.05, 0.1) is 14.2 Å². The normalized spacial score (nSPS) is 19.7. The van der Waals surface area contributed by atoms with Gasteiger partial charge in [-0.15, -0.1) is 0 Å². The summed E-state index contributed by atoms with van der Waals surface area (Å²) in [6, 6.07) is 3.56. The van der Waals surface area contributed by atoms with Gasteiger partial charge in [-0.1, -0.05) is 11.6 Å². The smallest absolute Gasteiger partial charge is 0.324 e. The molecule has 1 aromatic rings. The fourth-order valence-corrected chi connectivity index (χ4v) is 4.61. The second-order valence-corrected chi connectivity index (χ2v) is 7.24. The van der Waals surface area contributed by atoms with E-state index >= 15 is 0 Å². The monoisotopic (exact) mass is 347 g/mol. The number of sulfonamides is 1. The van der Waals surface area contributed by atoms with Crippen molar-refractivity contribution < 1.29 is 22.7 Å². The molecule has 8 heteroatoms. The Hall–Kier alpha value is -1.31. The molecular formula is C14H18ClNO5S. The van der Waals surface area contributed by atoms with Crippen LogP contribution in [0.5, 0.6) is 5.75 Å².